The molecule has 2 aromatic rings. The van der Waals surface area contributed by atoms with E-state index in [1.807, 2.05) is 0 Å². The maximum atomic E-state index is 12.6. The summed E-state index contributed by atoms with van der Waals surface area (Å²) in [5, 5.41) is 0. The Morgan fingerprint density at radius 3 is 2.31 bits per heavy atom. The fraction of sp³-hybridized carbons (Fsp3) is 0.323. The van der Waals surface area contributed by atoms with Crippen molar-refractivity contribution in [1.82, 2.24) is 0 Å². The van der Waals surface area contributed by atoms with Crippen molar-refractivity contribution in [2.24, 2.45) is 0 Å². The third-order valence-electron chi connectivity index (χ3n) is 5.27. The van der Waals surface area contributed by atoms with E-state index in [4.69, 9.17) is 30.1 Å². The van der Waals surface area contributed by atoms with E-state index in [0.717, 1.165) is 25.7 Å². The molecule has 0 aromatic heterocycles. The van der Waals surface area contributed by atoms with Gasteiger partial charge in [-0.05, 0) is 80.6 Å². The second kappa shape index (κ2) is 17.1. The van der Waals surface area contributed by atoms with Crippen LogP contribution in [0, 0.1) is 12.3 Å². The molecule has 0 aliphatic heterocycles. The standard InChI is InChI=1S/C31H34O8/c1-5-6-19-37-29(32)18-12-24-11-17-27(28(22-24)35-4)39-31(34)25-13-15-26(16-14-25)36-20-9-7-8-10-21-38-30(33)23(2)3/h1,11-18,22H,2,6-10,19-21H2,3-4H3/b18-12+. The summed E-state index contributed by atoms with van der Waals surface area (Å²) in [6.07, 6.45) is 11.8. The molecular formula is C31H34O8. The van der Waals surface area contributed by atoms with E-state index in [9.17, 15) is 14.4 Å². The van der Waals surface area contributed by atoms with Gasteiger partial charge in [-0.3, -0.25) is 0 Å². The smallest absolute Gasteiger partial charge is 0.343 e. The van der Waals surface area contributed by atoms with Crippen molar-refractivity contribution in [2.45, 2.75) is 39.0 Å². The van der Waals surface area contributed by atoms with Crippen LogP contribution in [-0.2, 0) is 19.1 Å². The second-order valence-electron chi connectivity index (χ2n) is 8.46. The molecular weight excluding hydrogens is 500 g/mol. The lowest BCUT2D eigenvalue weighted by Crippen LogP contribution is -2.09. The number of esters is 3. The fourth-order valence-corrected chi connectivity index (χ4v) is 3.18. The number of carbonyl (C=O) groups is 3. The Kier molecular flexibility index (Phi) is 13.5. The number of rotatable bonds is 16. The van der Waals surface area contributed by atoms with Crippen LogP contribution < -0.4 is 14.2 Å². The minimum absolute atomic E-state index is 0.156. The van der Waals surface area contributed by atoms with E-state index in [1.165, 1.54) is 13.2 Å². The largest absolute Gasteiger partial charge is 0.494 e. The number of hydrogen-bond acceptors (Lipinski definition) is 8. The Hall–Kier alpha value is -4.51. The first-order valence-corrected chi connectivity index (χ1v) is 12.6. The number of methoxy groups -OCH3 is 1. The van der Waals surface area contributed by atoms with Gasteiger partial charge >= 0.3 is 17.9 Å². The van der Waals surface area contributed by atoms with E-state index in [0.29, 0.717) is 47.8 Å². The monoisotopic (exact) mass is 534 g/mol. The third-order valence-corrected chi connectivity index (χ3v) is 5.27. The molecule has 0 aliphatic rings. The van der Waals surface area contributed by atoms with Gasteiger partial charge in [0.1, 0.15) is 12.4 Å². The second-order valence-corrected chi connectivity index (χ2v) is 8.46. The summed E-state index contributed by atoms with van der Waals surface area (Å²) in [5.41, 5.74) is 1.42. The van der Waals surface area contributed by atoms with Crippen molar-refractivity contribution in [3.63, 3.8) is 0 Å². The van der Waals surface area contributed by atoms with E-state index in [-0.39, 0.29) is 18.3 Å². The van der Waals surface area contributed by atoms with Crippen LogP contribution in [0.1, 0.15) is 54.9 Å². The summed E-state index contributed by atoms with van der Waals surface area (Å²) in [7, 11) is 1.46. The zero-order valence-corrected chi connectivity index (χ0v) is 22.4. The summed E-state index contributed by atoms with van der Waals surface area (Å²) >= 11 is 0. The van der Waals surface area contributed by atoms with Gasteiger partial charge in [-0.1, -0.05) is 12.6 Å². The number of ether oxygens (including phenoxy) is 5. The molecule has 8 nitrogen and oxygen atoms in total. The maximum Gasteiger partial charge on any atom is 0.343 e. The Bertz CT molecular complexity index is 1190. The van der Waals surface area contributed by atoms with Crippen molar-refractivity contribution >= 4 is 24.0 Å². The van der Waals surface area contributed by atoms with Gasteiger partial charge in [-0.25, -0.2) is 14.4 Å². The highest BCUT2D eigenvalue weighted by molar-refractivity contribution is 5.91. The molecule has 0 saturated carbocycles. The van der Waals surface area contributed by atoms with Crippen molar-refractivity contribution in [1.29, 1.82) is 0 Å². The van der Waals surface area contributed by atoms with Gasteiger partial charge in [0.15, 0.2) is 11.5 Å². The maximum absolute atomic E-state index is 12.6. The normalized spacial score (nSPS) is 10.4. The molecule has 8 heteroatoms. The van der Waals surface area contributed by atoms with E-state index >= 15 is 0 Å². The molecule has 2 rings (SSSR count). The summed E-state index contributed by atoms with van der Waals surface area (Å²) in [4.78, 5) is 35.6. The minimum Gasteiger partial charge on any atom is -0.494 e. The fourth-order valence-electron chi connectivity index (χ4n) is 3.18. The van der Waals surface area contributed by atoms with E-state index in [1.54, 1.807) is 55.5 Å². The van der Waals surface area contributed by atoms with Crippen LogP contribution in [0.4, 0.5) is 0 Å². The van der Waals surface area contributed by atoms with Gasteiger partial charge in [-0.15, -0.1) is 12.3 Å². The Balaban J connectivity index is 1.78. The summed E-state index contributed by atoms with van der Waals surface area (Å²) < 4.78 is 26.6. The first kappa shape index (κ1) is 30.7. The zero-order valence-electron chi connectivity index (χ0n) is 22.4. The molecule has 0 fully saturated rings. The Morgan fingerprint density at radius 1 is 0.923 bits per heavy atom. The molecule has 0 unspecified atom stereocenters. The third kappa shape index (κ3) is 11.6. The van der Waals surface area contributed by atoms with Crippen molar-refractivity contribution < 1.29 is 38.1 Å². The van der Waals surface area contributed by atoms with Crippen molar-refractivity contribution in [3.05, 3.63) is 71.8 Å². The molecule has 0 N–H and O–H groups in total. The minimum atomic E-state index is -0.549. The van der Waals surface area contributed by atoms with Crippen LogP contribution in [-0.4, -0.2) is 44.8 Å². The lowest BCUT2D eigenvalue weighted by molar-refractivity contribution is -0.139. The molecule has 0 heterocycles. The van der Waals surface area contributed by atoms with Crippen LogP contribution >= 0.6 is 0 Å². The summed E-state index contributed by atoms with van der Waals surface area (Å²) in [6.45, 7) is 6.25. The quantitative estimate of drug-likeness (QED) is 0.0909. The number of unbranched alkanes of at least 4 members (excludes halogenated alkanes) is 3. The summed E-state index contributed by atoms with van der Waals surface area (Å²) in [5.74, 6) is 2.20. The molecule has 0 amide bonds. The summed E-state index contributed by atoms with van der Waals surface area (Å²) in [6, 6.07) is 11.6. The number of hydrogen-bond donors (Lipinski definition) is 0. The first-order chi connectivity index (χ1) is 18.8. The number of terminal acetylenes is 1. The first-order valence-electron chi connectivity index (χ1n) is 12.6. The number of benzene rings is 2. The van der Waals surface area contributed by atoms with E-state index < -0.39 is 11.9 Å². The van der Waals surface area contributed by atoms with Crippen LogP contribution in [0.3, 0.4) is 0 Å². The lowest BCUT2D eigenvalue weighted by atomic mass is 10.2. The lowest BCUT2D eigenvalue weighted by Gasteiger charge is -2.11. The zero-order chi connectivity index (χ0) is 28.5. The molecule has 0 radical (unpaired) electrons. The van der Waals surface area contributed by atoms with Crippen molar-refractivity contribution in [3.8, 4) is 29.6 Å². The highest BCUT2D eigenvalue weighted by Gasteiger charge is 2.13. The molecule has 0 saturated heterocycles. The van der Waals surface area contributed by atoms with Crippen LogP contribution in [0.2, 0.25) is 0 Å². The van der Waals surface area contributed by atoms with Gasteiger partial charge in [0.05, 0.1) is 25.9 Å². The van der Waals surface area contributed by atoms with Gasteiger partial charge < -0.3 is 23.7 Å². The van der Waals surface area contributed by atoms with Gasteiger partial charge in [0.2, 0.25) is 0 Å². The molecule has 0 atom stereocenters. The van der Waals surface area contributed by atoms with Gasteiger partial charge in [0, 0.05) is 18.1 Å². The predicted octanol–water partition coefficient (Wildman–Crippen LogP) is 5.55. The Labute approximate surface area is 229 Å². The molecule has 39 heavy (non-hydrogen) atoms. The average molecular weight is 535 g/mol. The number of carbonyl (C=O) groups excluding carboxylic acids is 3. The molecule has 2 aromatic carbocycles. The van der Waals surface area contributed by atoms with Crippen molar-refractivity contribution in [2.75, 3.05) is 26.9 Å². The van der Waals surface area contributed by atoms with Crippen LogP contribution in [0.15, 0.2) is 60.7 Å². The van der Waals surface area contributed by atoms with Crippen LogP contribution in [0.5, 0.6) is 17.2 Å². The average Bonchev–Trinajstić information content (AvgIpc) is 2.94. The van der Waals surface area contributed by atoms with Gasteiger partial charge in [-0.2, -0.15) is 0 Å². The van der Waals surface area contributed by atoms with Gasteiger partial charge in [0.25, 0.3) is 0 Å². The SMILES string of the molecule is C#CCCOC(=O)/C=C/c1ccc(OC(=O)c2ccc(OCCCCCCOC(=O)C(=C)C)cc2)c(OC)c1. The molecule has 0 spiro atoms. The molecule has 0 aliphatic carbocycles. The Morgan fingerprint density at radius 2 is 1.64 bits per heavy atom. The highest BCUT2D eigenvalue weighted by atomic mass is 16.6. The molecule has 0 bridgehead atoms. The highest BCUT2D eigenvalue weighted by Crippen LogP contribution is 2.29. The predicted molar refractivity (Wildman–Crippen MR) is 148 cm³/mol. The topological polar surface area (TPSA) is 97.4 Å². The van der Waals surface area contributed by atoms with E-state index in [2.05, 4.69) is 12.5 Å². The molecule has 206 valence electrons. The van der Waals surface area contributed by atoms with Crippen LogP contribution in [0.25, 0.3) is 6.08 Å².